The first-order valence-corrected chi connectivity index (χ1v) is 8.37. The van der Waals surface area contributed by atoms with Crippen molar-refractivity contribution < 1.29 is 19.1 Å². The number of aromatic nitrogens is 2. The van der Waals surface area contributed by atoms with E-state index >= 15 is 0 Å². The van der Waals surface area contributed by atoms with E-state index in [9.17, 15) is 9.59 Å². The second-order valence-electron chi connectivity index (χ2n) is 5.85. The highest BCUT2D eigenvalue weighted by Gasteiger charge is 2.28. The molecule has 1 saturated heterocycles. The molecular weight excluding hydrogens is 336 g/mol. The minimum Gasteiger partial charge on any atom is -0.471 e. The van der Waals surface area contributed by atoms with E-state index in [0.29, 0.717) is 25.4 Å². The van der Waals surface area contributed by atoms with Crippen LogP contribution in [0.1, 0.15) is 12.0 Å². The summed E-state index contributed by atoms with van der Waals surface area (Å²) in [6, 6.07) is 12.8. The molecule has 136 valence electrons. The number of hydrogen-bond donors (Lipinski definition) is 1. The summed E-state index contributed by atoms with van der Waals surface area (Å²) in [5.74, 6) is 0.265. The highest BCUT2D eigenvalue weighted by Crippen LogP contribution is 2.15. The number of carbonyl (C=O) groups is 2. The Kier molecular flexibility index (Phi) is 5.97. The zero-order chi connectivity index (χ0) is 18.2. The average molecular weight is 356 g/mol. The quantitative estimate of drug-likeness (QED) is 0.840. The Morgan fingerprint density at radius 3 is 2.81 bits per heavy atom. The number of nitrogens with one attached hydrogen (secondary N) is 1. The second kappa shape index (κ2) is 8.80. The Morgan fingerprint density at radius 2 is 2.04 bits per heavy atom. The maximum Gasteiger partial charge on any atom is 0.407 e. The molecule has 1 fully saturated rings. The lowest BCUT2D eigenvalue weighted by molar-refractivity contribution is -0.129. The summed E-state index contributed by atoms with van der Waals surface area (Å²) in [5, 5.41) is 10.1. The first-order chi connectivity index (χ1) is 12.7. The molecule has 0 saturated carbocycles. The minimum absolute atomic E-state index is 0.106. The number of nitrogens with zero attached hydrogens (tertiary/aromatic N) is 3. The predicted octanol–water partition coefficient (Wildman–Crippen LogP) is 1.38. The van der Waals surface area contributed by atoms with Gasteiger partial charge in [-0.2, -0.15) is 5.10 Å². The van der Waals surface area contributed by atoms with Crippen LogP contribution in [0, 0.1) is 0 Å². The first-order valence-electron chi connectivity index (χ1n) is 8.37. The summed E-state index contributed by atoms with van der Waals surface area (Å²) in [4.78, 5) is 25.5. The minimum atomic E-state index is -0.617. The van der Waals surface area contributed by atoms with Crippen molar-refractivity contribution in [1.82, 2.24) is 20.4 Å². The molecule has 26 heavy (non-hydrogen) atoms. The molecule has 2 heterocycles. The number of hydrogen-bond acceptors (Lipinski definition) is 6. The summed E-state index contributed by atoms with van der Waals surface area (Å²) in [5.41, 5.74) is 0.887. The van der Waals surface area contributed by atoms with Gasteiger partial charge in [0.25, 0.3) is 0 Å². The molecule has 3 rings (SSSR count). The standard InChI is InChI=1S/C18H20N4O4/c23-17(11-19-18(24)25-13-14-5-2-1-3-6-14)22-10-8-15(12-22)26-16-7-4-9-20-21-16/h1-7,9,15H,8,10-13H2,(H,19,24). The maximum absolute atomic E-state index is 12.2. The summed E-state index contributed by atoms with van der Waals surface area (Å²) >= 11 is 0. The van der Waals surface area contributed by atoms with E-state index in [1.54, 1.807) is 23.2 Å². The van der Waals surface area contributed by atoms with Crippen molar-refractivity contribution in [2.24, 2.45) is 0 Å². The van der Waals surface area contributed by atoms with Gasteiger partial charge < -0.3 is 19.7 Å². The first kappa shape index (κ1) is 17.7. The number of amides is 2. The van der Waals surface area contributed by atoms with Gasteiger partial charge in [-0.25, -0.2) is 4.79 Å². The maximum atomic E-state index is 12.2. The lowest BCUT2D eigenvalue weighted by Gasteiger charge is -2.17. The number of carbonyl (C=O) groups excluding carboxylic acids is 2. The Balaban J connectivity index is 1.36. The molecule has 0 radical (unpaired) electrons. The van der Waals surface area contributed by atoms with Crippen molar-refractivity contribution in [3.05, 3.63) is 54.2 Å². The second-order valence-corrected chi connectivity index (χ2v) is 5.85. The van der Waals surface area contributed by atoms with Crippen LogP contribution < -0.4 is 10.1 Å². The van der Waals surface area contributed by atoms with Gasteiger partial charge in [-0.15, -0.1) is 5.10 Å². The van der Waals surface area contributed by atoms with Gasteiger partial charge in [0, 0.05) is 25.2 Å². The molecular formula is C18H20N4O4. The van der Waals surface area contributed by atoms with Crippen LogP contribution in [0.2, 0.25) is 0 Å². The summed E-state index contributed by atoms with van der Waals surface area (Å²) in [7, 11) is 0. The molecule has 1 aromatic heterocycles. The normalized spacial score (nSPS) is 16.2. The third-order valence-electron chi connectivity index (χ3n) is 3.93. The Labute approximate surface area is 151 Å². The van der Waals surface area contributed by atoms with E-state index in [-0.39, 0.29) is 25.2 Å². The van der Waals surface area contributed by atoms with Crippen LogP contribution >= 0.6 is 0 Å². The number of benzene rings is 1. The molecule has 2 amide bonds. The molecule has 0 spiro atoms. The molecule has 1 aromatic carbocycles. The highest BCUT2D eigenvalue weighted by atomic mass is 16.5. The Bertz CT molecular complexity index is 726. The lowest BCUT2D eigenvalue weighted by Crippen LogP contribution is -2.40. The third-order valence-corrected chi connectivity index (χ3v) is 3.93. The van der Waals surface area contributed by atoms with Crippen molar-refractivity contribution >= 4 is 12.0 Å². The van der Waals surface area contributed by atoms with Crippen LogP contribution in [0.4, 0.5) is 4.79 Å². The SMILES string of the molecule is O=C(NCC(=O)N1CCC(Oc2cccnn2)C1)OCc1ccccc1. The molecule has 2 aromatic rings. The van der Waals surface area contributed by atoms with Crippen LogP contribution in [0.3, 0.4) is 0 Å². The van der Waals surface area contributed by atoms with E-state index in [4.69, 9.17) is 9.47 Å². The van der Waals surface area contributed by atoms with Gasteiger partial charge in [-0.1, -0.05) is 30.3 Å². The number of alkyl carbamates (subject to hydrolysis) is 1. The van der Waals surface area contributed by atoms with E-state index in [2.05, 4.69) is 15.5 Å². The number of ether oxygens (including phenoxy) is 2. The summed E-state index contributed by atoms with van der Waals surface area (Å²) in [6.07, 6.45) is 1.54. The Hall–Kier alpha value is -3.16. The fourth-order valence-corrected chi connectivity index (χ4v) is 2.61. The van der Waals surface area contributed by atoms with Crippen LogP contribution in [-0.2, 0) is 16.1 Å². The van der Waals surface area contributed by atoms with Crippen LogP contribution in [-0.4, -0.2) is 52.8 Å². The van der Waals surface area contributed by atoms with Gasteiger partial charge in [0.15, 0.2) is 0 Å². The molecule has 1 aliphatic rings. The van der Waals surface area contributed by atoms with Crippen LogP contribution in [0.25, 0.3) is 0 Å². The number of likely N-dealkylation sites (tertiary alicyclic amines) is 1. The summed E-state index contributed by atoms with van der Waals surface area (Å²) in [6.45, 7) is 1.09. The molecule has 1 N–H and O–H groups in total. The molecule has 1 aliphatic heterocycles. The zero-order valence-corrected chi connectivity index (χ0v) is 14.2. The predicted molar refractivity (Wildman–Crippen MR) is 92.3 cm³/mol. The molecule has 8 heteroatoms. The van der Waals surface area contributed by atoms with Crippen molar-refractivity contribution in [3.63, 3.8) is 0 Å². The molecule has 8 nitrogen and oxygen atoms in total. The zero-order valence-electron chi connectivity index (χ0n) is 14.2. The van der Waals surface area contributed by atoms with E-state index in [1.807, 2.05) is 30.3 Å². The summed E-state index contributed by atoms with van der Waals surface area (Å²) < 4.78 is 10.8. The van der Waals surface area contributed by atoms with Gasteiger partial charge in [0.1, 0.15) is 19.3 Å². The van der Waals surface area contributed by atoms with E-state index < -0.39 is 6.09 Å². The average Bonchev–Trinajstić information content (AvgIpc) is 3.14. The van der Waals surface area contributed by atoms with Crippen LogP contribution in [0.15, 0.2) is 48.7 Å². The smallest absolute Gasteiger partial charge is 0.407 e. The van der Waals surface area contributed by atoms with E-state index in [1.165, 1.54) is 0 Å². The molecule has 0 aliphatic carbocycles. The Morgan fingerprint density at radius 1 is 1.19 bits per heavy atom. The lowest BCUT2D eigenvalue weighted by atomic mass is 10.2. The molecule has 1 unspecified atom stereocenters. The van der Waals surface area contributed by atoms with E-state index in [0.717, 1.165) is 5.56 Å². The fraction of sp³-hybridized carbons (Fsp3) is 0.333. The van der Waals surface area contributed by atoms with Crippen molar-refractivity contribution in [2.75, 3.05) is 19.6 Å². The monoisotopic (exact) mass is 356 g/mol. The van der Waals surface area contributed by atoms with Gasteiger partial charge in [-0.05, 0) is 11.6 Å². The van der Waals surface area contributed by atoms with Gasteiger partial charge >= 0.3 is 6.09 Å². The largest absolute Gasteiger partial charge is 0.471 e. The number of rotatable bonds is 6. The van der Waals surface area contributed by atoms with Gasteiger partial charge in [0.2, 0.25) is 11.8 Å². The molecule has 1 atom stereocenters. The topological polar surface area (TPSA) is 93.7 Å². The van der Waals surface area contributed by atoms with Gasteiger partial charge in [-0.3, -0.25) is 4.79 Å². The fourth-order valence-electron chi connectivity index (χ4n) is 2.61. The van der Waals surface area contributed by atoms with Crippen LogP contribution in [0.5, 0.6) is 5.88 Å². The third kappa shape index (κ3) is 5.17. The van der Waals surface area contributed by atoms with Crippen molar-refractivity contribution in [2.45, 2.75) is 19.1 Å². The highest BCUT2D eigenvalue weighted by molar-refractivity contribution is 5.82. The van der Waals surface area contributed by atoms with Crippen molar-refractivity contribution in [3.8, 4) is 5.88 Å². The molecule has 0 bridgehead atoms. The van der Waals surface area contributed by atoms with Crippen molar-refractivity contribution in [1.29, 1.82) is 0 Å². The van der Waals surface area contributed by atoms with Gasteiger partial charge in [0.05, 0.1) is 6.54 Å².